The molecule has 1 heterocycles. The van der Waals surface area contributed by atoms with Crippen LogP contribution in [0.25, 0.3) is 0 Å². The molecular formula is C23H34N2O5. The first kappa shape index (κ1) is 23.7. The van der Waals surface area contributed by atoms with Crippen LogP contribution in [-0.2, 0) is 25.5 Å². The average molecular weight is 419 g/mol. The molecule has 2 amide bonds. The minimum Gasteiger partial charge on any atom is -0.455 e. The van der Waals surface area contributed by atoms with Crippen molar-refractivity contribution in [3.05, 3.63) is 29.8 Å². The van der Waals surface area contributed by atoms with E-state index in [1.807, 2.05) is 45.0 Å². The highest BCUT2D eigenvalue weighted by Gasteiger charge is 2.30. The van der Waals surface area contributed by atoms with Crippen molar-refractivity contribution in [3.63, 3.8) is 0 Å². The summed E-state index contributed by atoms with van der Waals surface area (Å²) >= 11 is 0. The largest absolute Gasteiger partial charge is 0.455 e. The van der Waals surface area contributed by atoms with E-state index < -0.39 is 11.6 Å². The number of carbonyl (C=O) groups is 3. The molecule has 1 saturated heterocycles. The fraction of sp³-hybridized carbons (Fsp3) is 0.609. The number of ether oxygens (including phenoxy) is 2. The van der Waals surface area contributed by atoms with E-state index in [0.29, 0.717) is 31.6 Å². The molecule has 1 aliphatic rings. The van der Waals surface area contributed by atoms with E-state index in [-0.39, 0.29) is 24.5 Å². The number of nitrogens with one attached hydrogen (secondary N) is 1. The first-order valence-electron chi connectivity index (χ1n) is 10.7. The van der Waals surface area contributed by atoms with Crippen LogP contribution in [0.15, 0.2) is 24.3 Å². The molecule has 0 unspecified atom stereocenters. The Morgan fingerprint density at radius 1 is 1.10 bits per heavy atom. The van der Waals surface area contributed by atoms with Gasteiger partial charge in [0.2, 0.25) is 0 Å². The van der Waals surface area contributed by atoms with Crippen molar-refractivity contribution in [2.24, 2.45) is 5.92 Å². The number of esters is 1. The van der Waals surface area contributed by atoms with Gasteiger partial charge in [0.05, 0.1) is 5.92 Å². The van der Waals surface area contributed by atoms with Crippen LogP contribution in [-0.4, -0.2) is 48.2 Å². The highest BCUT2D eigenvalue weighted by atomic mass is 16.6. The standard InChI is InChI=1S/C23H34N2O5/c1-5-6-7-17-8-10-19(11-9-17)24-20(26)16-29-21(27)18-12-14-25(15-13-18)22(28)30-23(2,3)4/h8-11,18H,5-7,12-16H2,1-4H3,(H,24,26). The van der Waals surface area contributed by atoms with Crippen LogP contribution in [0.5, 0.6) is 0 Å². The monoisotopic (exact) mass is 418 g/mol. The van der Waals surface area contributed by atoms with E-state index >= 15 is 0 Å². The third-order valence-electron chi connectivity index (χ3n) is 4.88. The molecule has 2 rings (SSSR count). The molecule has 1 aromatic carbocycles. The Hall–Kier alpha value is -2.57. The number of piperidine rings is 1. The lowest BCUT2D eigenvalue weighted by Crippen LogP contribution is -2.43. The van der Waals surface area contributed by atoms with Gasteiger partial charge in [0.25, 0.3) is 5.91 Å². The lowest BCUT2D eigenvalue weighted by molar-refractivity contribution is -0.153. The topological polar surface area (TPSA) is 84.9 Å². The van der Waals surface area contributed by atoms with Crippen LogP contribution in [0.3, 0.4) is 0 Å². The summed E-state index contributed by atoms with van der Waals surface area (Å²) in [4.78, 5) is 38.0. The third-order valence-corrected chi connectivity index (χ3v) is 4.88. The number of nitrogens with zero attached hydrogens (tertiary/aromatic N) is 1. The summed E-state index contributed by atoms with van der Waals surface area (Å²) in [5.41, 5.74) is 1.37. The Balaban J connectivity index is 1.70. The highest BCUT2D eigenvalue weighted by molar-refractivity contribution is 5.92. The summed E-state index contributed by atoms with van der Waals surface area (Å²) in [6.45, 7) is 8.17. The van der Waals surface area contributed by atoms with Gasteiger partial charge in [-0.2, -0.15) is 0 Å². The fourth-order valence-corrected chi connectivity index (χ4v) is 3.21. The van der Waals surface area contributed by atoms with Crippen molar-refractivity contribution < 1.29 is 23.9 Å². The number of rotatable bonds is 7. The van der Waals surface area contributed by atoms with E-state index in [2.05, 4.69) is 12.2 Å². The molecular weight excluding hydrogens is 384 g/mol. The molecule has 1 aromatic rings. The van der Waals surface area contributed by atoms with Crippen LogP contribution < -0.4 is 5.32 Å². The molecule has 0 aliphatic carbocycles. The summed E-state index contributed by atoms with van der Waals surface area (Å²) in [6.07, 6.45) is 3.93. The van der Waals surface area contributed by atoms with Gasteiger partial charge < -0.3 is 19.7 Å². The van der Waals surface area contributed by atoms with E-state index in [1.54, 1.807) is 4.90 Å². The van der Waals surface area contributed by atoms with Gasteiger partial charge >= 0.3 is 12.1 Å². The molecule has 1 N–H and O–H groups in total. The minimum atomic E-state index is -0.546. The second kappa shape index (κ2) is 11.0. The van der Waals surface area contributed by atoms with E-state index in [1.165, 1.54) is 5.56 Å². The average Bonchev–Trinajstić information content (AvgIpc) is 2.70. The van der Waals surface area contributed by atoms with Gasteiger partial charge in [-0.05, 0) is 64.2 Å². The molecule has 7 heteroatoms. The molecule has 7 nitrogen and oxygen atoms in total. The maximum Gasteiger partial charge on any atom is 0.410 e. The minimum absolute atomic E-state index is 0.311. The van der Waals surface area contributed by atoms with Crippen molar-refractivity contribution >= 4 is 23.7 Å². The summed E-state index contributed by atoms with van der Waals surface area (Å²) in [7, 11) is 0. The zero-order chi connectivity index (χ0) is 22.1. The smallest absolute Gasteiger partial charge is 0.410 e. The number of hydrogen-bond donors (Lipinski definition) is 1. The second-order valence-corrected chi connectivity index (χ2v) is 8.70. The second-order valence-electron chi connectivity index (χ2n) is 8.70. The van der Waals surface area contributed by atoms with Crippen LogP contribution >= 0.6 is 0 Å². The molecule has 1 fully saturated rings. The number of aryl methyl sites for hydroxylation is 1. The van der Waals surface area contributed by atoms with Crippen LogP contribution in [0, 0.1) is 5.92 Å². The molecule has 30 heavy (non-hydrogen) atoms. The number of benzene rings is 1. The predicted molar refractivity (Wildman–Crippen MR) is 115 cm³/mol. The zero-order valence-corrected chi connectivity index (χ0v) is 18.5. The van der Waals surface area contributed by atoms with E-state index in [0.717, 1.165) is 19.3 Å². The highest BCUT2D eigenvalue weighted by Crippen LogP contribution is 2.21. The van der Waals surface area contributed by atoms with Crippen molar-refractivity contribution in [1.82, 2.24) is 4.90 Å². The predicted octanol–water partition coefficient (Wildman–Crippen LogP) is 4.16. The maximum atomic E-state index is 12.3. The van der Waals surface area contributed by atoms with E-state index in [9.17, 15) is 14.4 Å². The summed E-state index contributed by atoms with van der Waals surface area (Å²) in [5.74, 6) is -1.07. The Bertz CT molecular complexity index is 716. The molecule has 0 radical (unpaired) electrons. The molecule has 166 valence electrons. The van der Waals surface area contributed by atoms with Crippen molar-refractivity contribution in [3.8, 4) is 0 Å². The molecule has 0 bridgehead atoms. The summed E-state index contributed by atoms with van der Waals surface area (Å²) in [6, 6.07) is 7.71. The number of amides is 2. The quantitative estimate of drug-likeness (QED) is 0.672. The number of anilines is 1. The SMILES string of the molecule is CCCCc1ccc(NC(=O)COC(=O)C2CCN(C(=O)OC(C)(C)C)CC2)cc1. The Morgan fingerprint density at radius 3 is 2.30 bits per heavy atom. The fourth-order valence-electron chi connectivity index (χ4n) is 3.21. The normalized spacial score (nSPS) is 14.9. The summed E-state index contributed by atoms with van der Waals surface area (Å²) in [5, 5.41) is 2.74. The Labute approximate surface area is 179 Å². The Morgan fingerprint density at radius 2 is 1.73 bits per heavy atom. The molecule has 0 saturated carbocycles. The Kier molecular flexibility index (Phi) is 8.69. The maximum absolute atomic E-state index is 12.3. The number of hydrogen-bond acceptors (Lipinski definition) is 5. The van der Waals surface area contributed by atoms with Gasteiger partial charge in [-0.25, -0.2) is 4.79 Å². The lowest BCUT2D eigenvalue weighted by Gasteiger charge is -2.32. The van der Waals surface area contributed by atoms with Gasteiger partial charge in [-0.1, -0.05) is 25.5 Å². The van der Waals surface area contributed by atoms with Gasteiger partial charge in [0, 0.05) is 18.8 Å². The van der Waals surface area contributed by atoms with E-state index in [4.69, 9.17) is 9.47 Å². The molecule has 0 atom stereocenters. The molecule has 0 spiro atoms. The molecule has 0 aromatic heterocycles. The van der Waals surface area contributed by atoms with Crippen LogP contribution in [0.4, 0.5) is 10.5 Å². The van der Waals surface area contributed by atoms with Gasteiger partial charge in [-0.3, -0.25) is 9.59 Å². The van der Waals surface area contributed by atoms with Crippen molar-refractivity contribution in [2.75, 3.05) is 25.0 Å². The van der Waals surface area contributed by atoms with Crippen molar-refractivity contribution in [2.45, 2.75) is 65.4 Å². The number of carbonyl (C=O) groups excluding carboxylic acids is 3. The lowest BCUT2D eigenvalue weighted by atomic mass is 9.97. The number of unbranched alkanes of at least 4 members (excludes halogenated alkanes) is 1. The summed E-state index contributed by atoms with van der Waals surface area (Å²) < 4.78 is 10.5. The third kappa shape index (κ3) is 8.05. The van der Waals surface area contributed by atoms with Gasteiger partial charge in [-0.15, -0.1) is 0 Å². The molecule has 1 aliphatic heterocycles. The van der Waals surface area contributed by atoms with Crippen LogP contribution in [0.2, 0.25) is 0 Å². The van der Waals surface area contributed by atoms with Crippen molar-refractivity contribution in [1.29, 1.82) is 0 Å². The first-order chi connectivity index (χ1) is 14.2. The first-order valence-corrected chi connectivity index (χ1v) is 10.7. The zero-order valence-electron chi connectivity index (χ0n) is 18.5. The van der Waals surface area contributed by atoms with Gasteiger partial charge in [0.15, 0.2) is 6.61 Å². The van der Waals surface area contributed by atoms with Crippen LogP contribution in [0.1, 0.15) is 58.9 Å². The van der Waals surface area contributed by atoms with Gasteiger partial charge in [0.1, 0.15) is 5.60 Å². The number of likely N-dealkylation sites (tertiary alicyclic amines) is 1.